The van der Waals surface area contributed by atoms with Crippen molar-refractivity contribution in [1.29, 1.82) is 0 Å². The highest BCUT2D eigenvalue weighted by atomic mass is 32.1. The SMILES string of the molecule is Cc1sc2nc(COC(=O)c3ccc4c(c3)C[C@@H](c3ccccc3)OC4=O)[nH]c(=O)c2c1C. The Kier molecular flexibility index (Phi) is 5.30. The van der Waals surface area contributed by atoms with Crippen molar-refractivity contribution in [3.05, 3.63) is 97.4 Å². The van der Waals surface area contributed by atoms with E-state index in [2.05, 4.69) is 9.97 Å². The number of carbonyl (C=O) groups is 2. The van der Waals surface area contributed by atoms with E-state index in [-0.39, 0.29) is 18.0 Å². The molecular weight excluding hydrogens is 440 g/mol. The Hall–Kier alpha value is -3.78. The van der Waals surface area contributed by atoms with Crippen LogP contribution in [0.4, 0.5) is 0 Å². The van der Waals surface area contributed by atoms with Gasteiger partial charge >= 0.3 is 11.9 Å². The van der Waals surface area contributed by atoms with Crippen LogP contribution in [0.15, 0.2) is 53.3 Å². The van der Waals surface area contributed by atoms with E-state index < -0.39 is 18.0 Å². The fourth-order valence-electron chi connectivity index (χ4n) is 3.96. The standard InChI is InChI=1S/C25H20N2O5S/c1-13-14(2)33-23-21(13)22(28)26-20(27-23)12-31-24(29)16-8-9-18-17(10-16)11-19(32-25(18)30)15-6-4-3-5-7-15/h3-10,19H,11-12H2,1-2H3,(H,26,27,28)/t19-/m0/s1. The monoisotopic (exact) mass is 460 g/mol. The predicted molar refractivity (Wildman–Crippen MR) is 124 cm³/mol. The van der Waals surface area contributed by atoms with Crippen molar-refractivity contribution >= 4 is 33.5 Å². The predicted octanol–water partition coefficient (Wildman–Crippen LogP) is 4.41. The van der Waals surface area contributed by atoms with Crippen LogP contribution in [0.1, 0.15) is 54.2 Å². The van der Waals surface area contributed by atoms with Gasteiger partial charge in [-0.3, -0.25) is 4.79 Å². The first-order valence-electron chi connectivity index (χ1n) is 10.5. The van der Waals surface area contributed by atoms with Crippen LogP contribution in [-0.2, 0) is 22.5 Å². The zero-order chi connectivity index (χ0) is 23.1. The van der Waals surface area contributed by atoms with E-state index in [0.29, 0.717) is 27.8 Å². The van der Waals surface area contributed by atoms with Gasteiger partial charge in [0, 0.05) is 11.3 Å². The van der Waals surface area contributed by atoms with Gasteiger partial charge in [-0.05, 0) is 48.7 Å². The number of nitrogens with one attached hydrogen (secondary N) is 1. The van der Waals surface area contributed by atoms with Gasteiger partial charge in [0.15, 0.2) is 0 Å². The van der Waals surface area contributed by atoms with Crippen LogP contribution in [0, 0.1) is 13.8 Å². The fraction of sp³-hybridized carbons (Fsp3) is 0.200. The molecule has 0 spiro atoms. The van der Waals surface area contributed by atoms with Crippen molar-refractivity contribution in [3.63, 3.8) is 0 Å². The molecule has 1 aliphatic heterocycles. The van der Waals surface area contributed by atoms with E-state index in [0.717, 1.165) is 21.6 Å². The molecule has 0 unspecified atom stereocenters. The van der Waals surface area contributed by atoms with Gasteiger partial charge in [-0.25, -0.2) is 14.6 Å². The molecule has 0 radical (unpaired) electrons. The number of nitrogens with zero attached hydrogens (tertiary/aromatic N) is 1. The van der Waals surface area contributed by atoms with Crippen LogP contribution < -0.4 is 5.56 Å². The number of hydrogen-bond acceptors (Lipinski definition) is 7. The van der Waals surface area contributed by atoms with Crippen LogP contribution >= 0.6 is 11.3 Å². The van der Waals surface area contributed by atoms with Crippen LogP contribution in [0.25, 0.3) is 10.2 Å². The first kappa shape index (κ1) is 21.1. The summed E-state index contributed by atoms with van der Waals surface area (Å²) in [6, 6.07) is 14.3. The van der Waals surface area contributed by atoms with Crippen molar-refractivity contribution < 1.29 is 19.1 Å². The summed E-state index contributed by atoms with van der Waals surface area (Å²) in [6.45, 7) is 3.67. The number of fused-ring (bicyclic) bond motifs is 2. The third kappa shape index (κ3) is 3.93. The largest absolute Gasteiger partial charge is 0.454 e. The number of H-pyrrole nitrogens is 1. The Labute approximate surface area is 193 Å². The molecule has 3 heterocycles. The zero-order valence-electron chi connectivity index (χ0n) is 18.0. The van der Waals surface area contributed by atoms with E-state index in [1.807, 2.05) is 44.2 Å². The molecule has 7 nitrogen and oxygen atoms in total. The van der Waals surface area contributed by atoms with Crippen molar-refractivity contribution in [3.8, 4) is 0 Å². The zero-order valence-corrected chi connectivity index (χ0v) is 18.8. The second-order valence-electron chi connectivity index (χ2n) is 7.93. The number of hydrogen-bond donors (Lipinski definition) is 1. The third-order valence-electron chi connectivity index (χ3n) is 5.81. The number of rotatable bonds is 4. The van der Waals surface area contributed by atoms with Crippen molar-refractivity contribution in [1.82, 2.24) is 9.97 Å². The van der Waals surface area contributed by atoms with E-state index in [4.69, 9.17) is 9.47 Å². The molecule has 0 saturated heterocycles. The molecule has 33 heavy (non-hydrogen) atoms. The molecule has 1 N–H and O–H groups in total. The second-order valence-corrected chi connectivity index (χ2v) is 9.14. The number of benzene rings is 2. The maximum Gasteiger partial charge on any atom is 0.339 e. The third-order valence-corrected chi connectivity index (χ3v) is 6.92. The van der Waals surface area contributed by atoms with E-state index >= 15 is 0 Å². The second kappa shape index (κ2) is 8.29. The lowest BCUT2D eigenvalue weighted by Gasteiger charge is -2.25. The maximum atomic E-state index is 12.7. The minimum Gasteiger partial charge on any atom is -0.454 e. The lowest BCUT2D eigenvalue weighted by atomic mass is 9.93. The molecule has 0 bridgehead atoms. The summed E-state index contributed by atoms with van der Waals surface area (Å²) in [4.78, 5) is 46.3. The van der Waals surface area contributed by atoms with Gasteiger partial charge in [0.05, 0.1) is 16.5 Å². The highest BCUT2D eigenvalue weighted by molar-refractivity contribution is 7.18. The van der Waals surface area contributed by atoms with E-state index in [1.165, 1.54) is 17.4 Å². The number of aryl methyl sites for hydroxylation is 2. The summed E-state index contributed by atoms with van der Waals surface area (Å²) in [5, 5.41) is 0.571. The Bertz CT molecular complexity index is 1460. The van der Waals surface area contributed by atoms with Gasteiger partial charge in [0.1, 0.15) is 23.4 Å². The van der Waals surface area contributed by atoms with Crippen LogP contribution in [0.3, 0.4) is 0 Å². The Morgan fingerprint density at radius 3 is 2.76 bits per heavy atom. The first-order valence-corrected chi connectivity index (χ1v) is 11.3. The van der Waals surface area contributed by atoms with Gasteiger partial charge in [0.2, 0.25) is 0 Å². The Balaban J connectivity index is 1.34. The lowest BCUT2D eigenvalue weighted by Crippen LogP contribution is -2.22. The molecule has 8 heteroatoms. The molecule has 0 fully saturated rings. The number of cyclic esters (lactones) is 1. The normalized spacial score (nSPS) is 15.2. The molecular formula is C25H20N2O5S. The highest BCUT2D eigenvalue weighted by Crippen LogP contribution is 2.31. The van der Waals surface area contributed by atoms with Gasteiger partial charge in [0.25, 0.3) is 5.56 Å². The summed E-state index contributed by atoms with van der Waals surface area (Å²) < 4.78 is 11.0. The number of thiophene rings is 1. The molecule has 166 valence electrons. The average molecular weight is 461 g/mol. The van der Waals surface area contributed by atoms with Crippen molar-refractivity contribution in [2.45, 2.75) is 33.0 Å². The molecule has 4 aromatic rings. The van der Waals surface area contributed by atoms with Gasteiger partial charge in [-0.1, -0.05) is 30.3 Å². The Morgan fingerprint density at radius 1 is 1.18 bits per heavy atom. The summed E-state index contributed by atoms with van der Waals surface area (Å²) in [7, 11) is 0. The van der Waals surface area contributed by atoms with Gasteiger partial charge in [-0.2, -0.15) is 0 Å². The number of carbonyl (C=O) groups excluding carboxylic acids is 2. The molecule has 2 aromatic carbocycles. The van der Waals surface area contributed by atoms with Gasteiger partial charge in [-0.15, -0.1) is 11.3 Å². The van der Waals surface area contributed by atoms with Crippen LogP contribution in [-0.4, -0.2) is 21.9 Å². The fourth-order valence-corrected chi connectivity index (χ4v) is 5.01. The first-order chi connectivity index (χ1) is 15.9. The number of aromatic nitrogens is 2. The van der Waals surface area contributed by atoms with E-state index in [9.17, 15) is 14.4 Å². The topological polar surface area (TPSA) is 98.3 Å². The molecule has 0 saturated carbocycles. The number of aromatic amines is 1. The van der Waals surface area contributed by atoms with Crippen molar-refractivity contribution in [2.24, 2.45) is 0 Å². The van der Waals surface area contributed by atoms with Crippen molar-refractivity contribution in [2.75, 3.05) is 0 Å². The minimum atomic E-state index is -0.561. The smallest absolute Gasteiger partial charge is 0.339 e. The average Bonchev–Trinajstić information content (AvgIpc) is 3.11. The number of ether oxygens (including phenoxy) is 2. The maximum absolute atomic E-state index is 12.7. The molecule has 0 aliphatic carbocycles. The lowest BCUT2D eigenvalue weighted by molar-refractivity contribution is 0.0251. The number of esters is 2. The summed E-state index contributed by atoms with van der Waals surface area (Å²) in [6.07, 6.45) is 0.0608. The van der Waals surface area contributed by atoms with Crippen LogP contribution in [0.5, 0.6) is 0 Å². The summed E-state index contributed by atoms with van der Waals surface area (Å²) in [5.41, 5.74) is 3.06. The molecule has 5 rings (SSSR count). The highest BCUT2D eigenvalue weighted by Gasteiger charge is 2.28. The summed E-state index contributed by atoms with van der Waals surface area (Å²) >= 11 is 1.44. The Morgan fingerprint density at radius 2 is 1.97 bits per heavy atom. The molecule has 2 aromatic heterocycles. The molecule has 1 aliphatic rings. The molecule has 1 atom stereocenters. The molecule has 0 amide bonds. The van der Waals surface area contributed by atoms with E-state index in [1.54, 1.807) is 12.1 Å². The van der Waals surface area contributed by atoms with Crippen LogP contribution in [0.2, 0.25) is 0 Å². The van der Waals surface area contributed by atoms with Gasteiger partial charge < -0.3 is 14.5 Å². The summed E-state index contributed by atoms with van der Waals surface area (Å²) in [5.74, 6) is -0.691. The quantitative estimate of drug-likeness (QED) is 0.453. The minimum absolute atomic E-state index is 0.161.